The fourth-order valence-electron chi connectivity index (χ4n) is 9.45. The summed E-state index contributed by atoms with van der Waals surface area (Å²) in [4.78, 5) is 23.7. The van der Waals surface area contributed by atoms with E-state index in [0.717, 1.165) is 32.1 Å². The summed E-state index contributed by atoms with van der Waals surface area (Å²) in [5, 5.41) is 42.8. The summed E-state index contributed by atoms with van der Waals surface area (Å²) in [5.41, 5.74) is 0.326. The van der Waals surface area contributed by atoms with Crippen molar-refractivity contribution >= 4 is 11.9 Å². The molecule has 4 fully saturated rings. The molecule has 35 heavy (non-hydrogen) atoms. The standard InChI is InChI=1S/C28H47NO6/c1-15(5-8-24(33)29-25(16(2)30)26(34)35)19-6-7-20-18-14-23(32)22-13-17(31)9-11-28(22,4)21(18)10-12-27(19,20)3/h15-23,25,30-32H,5-14H2,1-4H3,(H,29,33)(H,34,35). The van der Waals surface area contributed by atoms with E-state index in [1.165, 1.54) is 26.2 Å². The summed E-state index contributed by atoms with van der Waals surface area (Å²) >= 11 is 0. The van der Waals surface area contributed by atoms with E-state index >= 15 is 0 Å². The highest BCUT2D eigenvalue weighted by Crippen LogP contribution is 2.68. The van der Waals surface area contributed by atoms with E-state index in [9.17, 15) is 30.0 Å². The predicted octanol–water partition coefficient (Wildman–Crippen LogP) is 3.34. The minimum Gasteiger partial charge on any atom is -0.480 e. The lowest BCUT2D eigenvalue weighted by Gasteiger charge is -2.62. The van der Waals surface area contributed by atoms with Gasteiger partial charge in [-0.25, -0.2) is 4.79 Å². The van der Waals surface area contributed by atoms with Gasteiger partial charge in [-0.05, 0) is 111 Å². The summed E-state index contributed by atoms with van der Waals surface area (Å²) in [5.74, 6) is 1.28. The molecule has 4 aliphatic rings. The second kappa shape index (κ2) is 9.94. The zero-order chi connectivity index (χ0) is 25.7. The molecule has 0 bridgehead atoms. The summed E-state index contributed by atoms with van der Waals surface area (Å²) in [7, 11) is 0. The SMILES string of the molecule is CC(O)C(NC(=O)CCC(C)C1CCC2C3CC(O)C4CC(O)CCC4(C)C3CCC12C)C(=O)O. The van der Waals surface area contributed by atoms with Crippen LogP contribution in [0.2, 0.25) is 0 Å². The molecule has 12 atom stereocenters. The van der Waals surface area contributed by atoms with Crippen LogP contribution < -0.4 is 5.32 Å². The highest BCUT2D eigenvalue weighted by atomic mass is 16.4. The molecule has 0 spiro atoms. The molecule has 0 aliphatic heterocycles. The van der Waals surface area contributed by atoms with Crippen LogP contribution in [0.25, 0.3) is 0 Å². The number of carbonyl (C=O) groups excluding carboxylic acids is 1. The van der Waals surface area contributed by atoms with Gasteiger partial charge in [0.15, 0.2) is 6.04 Å². The van der Waals surface area contributed by atoms with Gasteiger partial charge in [0.2, 0.25) is 5.91 Å². The van der Waals surface area contributed by atoms with Crippen LogP contribution in [0.15, 0.2) is 0 Å². The molecule has 4 aliphatic carbocycles. The first-order valence-corrected chi connectivity index (χ1v) is 13.9. The Hall–Kier alpha value is -1.18. The maximum absolute atomic E-state index is 12.4. The summed E-state index contributed by atoms with van der Waals surface area (Å²) in [6.45, 7) is 8.44. The van der Waals surface area contributed by atoms with Gasteiger partial charge in [-0.1, -0.05) is 20.8 Å². The number of rotatable bonds is 7. The van der Waals surface area contributed by atoms with Crippen molar-refractivity contribution in [3.63, 3.8) is 0 Å². The second-order valence-electron chi connectivity index (χ2n) is 13.1. The molecule has 0 radical (unpaired) electrons. The van der Waals surface area contributed by atoms with Gasteiger partial charge in [0, 0.05) is 6.42 Å². The zero-order valence-electron chi connectivity index (χ0n) is 21.9. The Kier molecular flexibility index (Phi) is 7.63. The van der Waals surface area contributed by atoms with Crippen molar-refractivity contribution in [2.24, 2.45) is 46.3 Å². The lowest BCUT2D eigenvalue weighted by Crippen LogP contribution is -2.58. The smallest absolute Gasteiger partial charge is 0.328 e. The Morgan fingerprint density at radius 3 is 2.26 bits per heavy atom. The number of nitrogens with one attached hydrogen (secondary N) is 1. The van der Waals surface area contributed by atoms with E-state index in [1.807, 2.05) is 0 Å². The maximum atomic E-state index is 12.4. The van der Waals surface area contributed by atoms with Crippen LogP contribution in [0.3, 0.4) is 0 Å². The number of carboxylic acid groups (broad SMARTS) is 1. The van der Waals surface area contributed by atoms with Crippen molar-refractivity contribution < 1.29 is 30.0 Å². The number of carbonyl (C=O) groups is 2. The molecule has 0 aromatic carbocycles. The van der Waals surface area contributed by atoms with Crippen molar-refractivity contribution in [3.8, 4) is 0 Å². The van der Waals surface area contributed by atoms with Crippen LogP contribution in [0.5, 0.6) is 0 Å². The number of hydrogen-bond donors (Lipinski definition) is 5. The van der Waals surface area contributed by atoms with Crippen molar-refractivity contribution in [1.29, 1.82) is 0 Å². The molecule has 200 valence electrons. The van der Waals surface area contributed by atoms with Gasteiger partial charge < -0.3 is 25.7 Å². The van der Waals surface area contributed by atoms with Gasteiger partial charge in [-0.2, -0.15) is 0 Å². The molecule has 4 saturated carbocycles. The van der Waals surface area contributed by atoms with E-state index in [1.54, 1.807) is 0 Å². The third-order valence-electron chi connectivity index (χ3n) is 11.3. The molecule has 12 unspecified atom stereocenters. The second-order valence-corrected chi connectivity index (χ2v) is 13.1. The van der Waals surface area contributed by atoms with Gasteiger partial charge >= 0.3 is 5.97 Å². The lowest BCUT2D eigenvalue weighted by atomic mass is 9.44. The highest BCUT2D eigenvalue weighted by Gasteiger charge is 2.62. The number of aliphatic hydroxyl groups is 3. The van der Waals surface area contributed by atoms with Crippen molar-refractivity contribution in [2.45, 2.75) is 116 Å². The summed E-state index contributed by atoms with van der Waals surface area (Å²) < 4.78 is 0. The molecule has 0 heterocycles. The fraction of sp³-hybridized carbons (Fsp3) is 0.929. The Morgan fingerprint density at radius 2 is 1.60 bits per heavy atom. The Morgan fingerprint density at radius 1 is 0.943 bits per heavy atom. The molecule has 5 N–H and O–H groups in total. The van der Waals surface area contributed by atoms with Crippen LogP contribution >= 0.6 is 0 Å². The average Bonchev–Trinajstić information content (AvgIpc) is 3.14. The van der Waals surface area contributed by atoms with Gasteiger partial charge in [0.05, 0.1) is 18.3 Å². The average molecular weight is 494 g/mol. The highest BCUT2D eigenvalue weighted by molar-refractivity contribution is 5.83. The maximum Gasteiger partial charge on any atom is 0.328 e. The van der Waals surface area contributed by atoms with Gasteiger partial charge in [0.1, 0.15) is 0 Å². The number of amides is 1. The third kappa shape index (κ3) is 4.77. The Bertz CT molecular complexity index is 802. The topological polar surface area (TPSA) is 127 Å². The third-order valence-corrected chi connectivity index (χ3v) is 11.3. The van der Waals surface area contributed by atoms with E-state index < -0.39 is 18.1 Å². The molecular weight excluding hydrogens is 446 g/mol. The van der Waals surface area contributed by atoms with Crippen LogP contribution in [0.4, 0.5) is 0 Å². The molecule has 0 aromatic rings. The molecule has 1 amide bonds. The van der Waals surface area contributed by atoms with E-state index in [2.05, 4.69) is 26.1 Å². The van der Waals surface area contributed by atoms with Gasteiger partial charge in [-0.3, -0.25) is 4.79 Å². The molecule has 7 nitrogen and oxygen atoms in total. The van der Waals surface area contributed by atoms with Crippen LogP contribution in [0, 0.1) is 46.3 Å². The van der Waals surface area contributed by atoms with Crippen LogP contribution in [0.1, 0.15) is 91.9 Å². The normalized spacial score (nSPS) is 45.4. The molecule has 7 heteroatoms. The Balaban J connectivity index is 1.41. The first kappa shape index (κ1) is 26.9. The lowest BCUT2D eigenvalue weighted by molar-refractivity contribution is -0.172. The number of hydrogen-bond acceptors (Lipinski definition) is 5. The number of aliphatic hydroxyl groups excluding tert-OH is 3. The van der Waals surface area contributed by atoms with Crippen molar-refractivity contribution in [2.75, 3.05) is 0 Å². The quantitative estimate of drug-likeness (QED) is 0.370. The van der Waals surface area contributed by atoms with Gasteiger partial charge in [0.25, 0.3) is 0 Å². The molecule has 4 rings (SSSR count). The van der Waals surface area contributed by atoms with Crippen LogP contribution in [-0.2, 0) is 9.59 Å². The minimum atomic E-state index is -1.27. The summed E-state index contributed by atoms with van der Waals surface area (Å²) in [6.07, 6.45) is 7.40. The number of fused-ring (bicyclic) bond motifs is 5. The minimum absolute atomic E-state index is 0.120. The largest absolute Gasteiger partial charge is 0.480 e. The van der Waals surface area contributed by atoms with E-state index in [4.69, 9.17) is 0 Å². The number of carboxylic acids is 1. The predicted molar refractivity (Wildman–Crippen MR) is 132 cm³/mol. The van der Waals surface area contributed by atoms with E-state index in [-0.39, 0.29) is 41.3 Å². The zero-order valence-corrected chi connectivity index (χ0v) is 21.9. The Labute approximate surface area is 210 Å². The van der Waals surface area contributed by atoms with Crippen molar-refractivity contribution in [3.05, 3.63) is 0 Å². The fourth-order valence-corrected chi connectivity index (χ4v) is 9.45. The first-order chi connectivity index (χ1) is 16.4. The molecule has 0 saturated heterocycles. The molecule has 0 aromatic heterocycles. The van der Waals surface area contributed by atoms with E-state index in [0.29, 0.717) is 36.0 Å². The number of aliphatic carboxylic acids is 1. The monoisotopic (exact) mass is 493 g/mol. The van der Waals surface area contributed by atoms with Gasteiger partial charge in [-0.15, -0.1) is 0 Å². The van der Waals surface area contributed by atoms with Crippen LogP contribution in [-0.4, -0.2) is 56.7 Å². The summed E-state index contributed by atoms with van der Waals surface area (Å²) in [6, 6.07) is -1.27. The first-order valence-electron chi connectivity index (χ1n) is 13.9. The molecular formula is C28H47NO6. The van der Waals surface area contributed by atoms with Crippen molar-refractivity contribution in [1.82, 2.24) is 5.32 Å².